The molecular formula is C58H38N4. The number of benzene rings is 9. The third-order valence-corrected chi connectivity index (χ3v) is 12.1. The summed E-state index contributed by atoms with van der Waals surface area (Å²) in [6.45, 7) is 0. The Balaban J connectivity index is 1.19. The maximum Gasteiger partial charge on any atom is 0.160 e. The van der Waals surface area contributed by atoms with E-state index >= 15 is 0 Å². The molecule has 0 aliphatic heterocycles. The van der Waals surface area contributed by atoms with E-state index in [1.54, 1.807) is 0 Å². The van der Waals surface area contributed by atoms with Gasteiger partial charge in [0, 0.05) is 55.0 Å². The van der Waals surface area contributed by atoms with Crippen molar-refractivity contribution in [1.29, 1.82) is 0 Å². The van der Waals surface area contributed by atoms with Gasteiger partial charge in [0.15, 0.2) is 5.82 Å². The summed E-state index contributed by atoms with van der Waals surface area (Å²) in [4.78, 5) is 10.7. The summed E-state index contributed by atoms with van der Waals surface area (Å²) in [5, 5.41) is 4.88. The molecule has 0 atom stereocenters. The Morgan fingerprint density at radius 3 is 1.13 bits per heavy atom. The third kappa shape index (κ3) is 5.92. The quantitative estimate of drug-likeness (QED) is 0.161. The molecule has 0 unspecified atom stereocenters. The van der Waals surface area contributed by atoms with Crippen molar-refractivity contribution in [3.05, 3.63) is 231 Å². The van der Waals surface area contributed by atoms with Crippen molar-refractivity contribution in [3.63, 3.8) is 0 Å². The molecule has 0 fully saturated rings. The van der Waals surface area contributed by atoms with Gasteiger partial charge in [0.05, 0.1) is 39.1 Å². The van der Waals surface area contributed by atoms with Gasteiger partial charge in [0.25, 0.3) is 0 Å². The lowest BCUT2D eigenvalue weighted by molar-refractivity contribution is 1.15. The lowest BCUT2D eigenvalue weighted by Gasteiger charge is -2.21. The Labute approximate surface area is 359 Å². The Hall–Kier alpha value is -8.34. The van der Waals surface area contributed by atoms with Crippen LogP contribution in [0.2, 0.25) is 0 Å². The van der Waals surface area contributed by atoms with Crippen LogP contribution in [0.25, 0.3) is 111 Å². The van der Waals surface area contributed by atoms with E-state index in [4.69, 9.17) is 9.97 Å². The third-order valence-electron chi connectivity index (χ3n) is 12.1. The van der Waals surface area contributed by atoms with Gasteiger partial charge in [0.1, 0.15) is 0 Å². The molecule has 0 saturated carbocycles. The van der Waals surface area contributed by atoms with Crippen molar-refractivity contribution in [1.82, 2.24) is 19.1 Å². The Morgan fingerprint density at radius 2 is 0.661 bits per heavy atom. The van der Waals surface area contributed by atoms with Crippen LogP contribution in [0.3, 0.4) is 0 Å². The summed E-state index contributed by atoms with van der Waals surface area (Å²) >= 11 is 0. The highest BCUT2D eigenvalue weighted by Gasteiger charge is 2.24. The van der Waals surface area contributed by atoms with Crippen molar-refractivity contribution in [2.24, 2.45) is 0 Å². The summed E-state index contributed by atoms with van der Waals surface area (Å²) in [6, 6.07) is 82.2. The highest BCUT2D eigenvalue weighted by molar-refractivity contribution is 6.13. The summed E-state index contributed by atoms with van der Waals surface area (Å²) in [7, 11) is 0. The summed E-state index contributed by atoms with van der Waals surface area (Å²) < 4.78 is 4.90. The molecule has 12 aromatic rings. The predicted molar refractivity (Wildman–Crippen MR) is 258 cm³/mol. The first-order valence-corrected chi connectivity index (χ1v) is 21.1. The molecule has 4 nitrogen and oxygen atoms in total. The van der Waals surface area contributed by atoms with Crippen molar-refractivity contribution in [2.45, 2.75) is 0 Å². The van der Waals surface area contributed by atoms with Crippen LogP contribution < -0.4 is 0 Å². The van der Waals surface area contributed by atoms with E-state index in [0.29, 0.717) is 5.82 Å². The van der Waals surface area contributed by atoms with Crippen LogP contribution in [0.15, 0.2) is 231 Å². The average Bonchev–Trinajstić information content (AvgIpc) is 3.87. The fourth-order valence-electron chi connectivity index (χ4n) is 9.31. The highest BCUT2D eigenvalue weighted by Crippen LogP contribution is 2.45. The molecule has 0 aliphatic carbocycles. The zero-order valence-corrected chi connectivity index (χ0v) is 33.7. The monoisotopic (exact) mass is 790 g/mol. The summed E-state index contributed by atoms with van der Waals surface area (Å²) in [6.07, 6.45) is 0. The molecule has 0 bridgehead atoms. The maximum atomic E-state index is 5.33. The largest absolute Gasteiger partial charge is 0.309 e. The second-order valence-electron chi connectivity index (χ2n) is 15.8. The van der Waals surface area contributed by atoms with Crippen LogP contribution in [-0.4, -0.2) is 19.1 Å². The van der Waals surface area contributed by atoms with Gasteiger partial charge >= 0.3 is 0 Å². The van der Waals surface area contributed by atoms with Crippen LogP contribution >= 0.6 is 0 Å². The molecule has 0 amide bonds. The lowest BCUT2D eigenvalue weighted by Crippen LogP contribution is -2.03. The minimum atomic E-state index is 0.669. The van der Waals surface area contributed by atoms with Crippen LogP contribution in [-0.2, 0) is 0 Å². The van der Waals surface area contributed by atoms with E-state index < -0.39 is 0 Å². The van der Waals surface area contributed by atoms with Crippen LogP contribution in [0, 0.1) is 0 Å². The van der Waals surface area contributed by atoms with Gasteiger partial charge in [-0.3, -0.25) is 0 Å². The van der Waals surface area contributed by atoms with Gasteiger partial charge < -0.3 is 9.13 Å². The van der Waals surface area contributed by atoms with E-state index in [1.165, 1.54) is 32.6 Å². The van der Waals surface area contributed by atoms with E-state index in [-0.39, 0.29) is 0 Å². The minimum Gasteiger partial charge on any atom is -0.309 e. The average molecular weight is 791 g/mol. The molecule has 9 aromatic carbocycles. The van der Waals surface area contributed by atoms with Gasteiger partial charge in [-0.25, -0.2) is 9.97 Å². The SMILES string of the molecule is c1ccc(-c2cc(-c3ccccc3)nc(-c3cc(-c4ccccc4)c(-n4c5ccccc5c5ccc(-n6c7ccccc7c7ccccc76)cc54)c(-c4ccccc4)c3)n2)cc1. The first kappa shape index (κ1) is 35.6. The number of rotatable bonds is 7. The van der Waals surface area contributed by atoms with Gasteiger partial charge in [-0.2, -0.15) is 0 Å². The van der Waals surface area contributed by atoms with Gasteiger partial charge in [0.2, 0.25) is 0 Å². The Morgan fingerprint density at radius 1 is 0.274 bits per heavy atom. The van der Waals surface area contributed by atoms with Crippen molar-refractivity contribution in [3.8, 4) is 67.5 Å². The topological polar surface area (TPSA) is 35.6 Å². The predicted octanol–water partition coefficient (Wildman–Crippen LogP) is 15.0. The molecule has 4 heteroatoms. The Kier molecular flexibility index (Phi) is 8.46. The molecule has 3 aromatic heterocycles. The maximum absolute atomic E-state index is 5.33. The number of nitrogens with zero attached hydrogens (tertiary/aromatic N) is 4. The van der Waals surface area contributed by atoms with Crippen LogP contribution in [0.5, 0.6) is 0 Å². The smallest absolute Gasteiger partial charge is 0.160 e. The lowest BCUT2D eigenvalue weighted by atomic mass is 9.92. The number of hydrogen-bond donors (Lipinski definition) is 0. The van der Waals surface area contributed by atoms with E-state index in [2.05, 4.69) is 228 Å². The molecule has 0 N–H and O–H groups in total. The van der Waals surface area contributed by atoms with Gasteiger partial charge in [-0.1, -0.05) is 182 Å². The van der Waals surface area contributed by atoms with E-state index in [0.717, 1.165) is 72.7 Å². The first-order chi connectivity index (χ1) is 30.8. The minimum absolute atomic E-state index is 0.669. The Bertz CT molecular complexity index is 3440. The van der Waals surface area contributed by atoms with Crippen LogP contribution in [0.4, 0.5) is 0 Å². The molecule has 62 heavy (non-hydrogen) atoms. The second kappa shape index (κ2) is 14.7. The summed E-state index contributed by atoms with van der Waals surface area (Å²) in [5.41, 5.74) is 16.0. The normalized spacial score (nSPS) is 11.5. The number of para-hydroxylation sites is 3. The van der Waals surface area contributed by atoms with E-state index in [9.17, 15) is 0 Å². The second-order valence-corrected chi connectivity index (χ2v) is 15.8. The highest BCUT2D eigenvalue weighted by atomic mass is 15.0. The molecule has 290 valence electrons. The standard InChI is InChI=1S/C58H38N4/c1-5-19-39(20-6-1)49-35-43(58-59-51(41-23-9-3-10-24-41)38-52(60-58)42-25-11-4-12-26-42)36-50(40-21-7-2-8-22-40)57(49)62-55-32-18-15-29-47(55)48-34-33-44(37-56(48)62)61-53-30-16-13-27-45(53)46-28-14-17-31-54(46)61/h1-38H. The molecule has 3 heterocycles. The number of hydrogen-bond acceptors (Lipinski definition) is 2. The van der Waals surface area contributed by atoms with Crippen molar-refractivity contribution in [2.75, 3.05) is 0 Å². The molecule has 12 rings (SSSR count). The molecule has 0 radical (unpaired) electrons. The van der Waals surface area contributed by atoms with Gasteiger partial charge in [-0.05, 0) is 59.7 Å². The zero-order valence-electron chi connectivity index (χ0n) is 33.7. The van der Waals surface area contributed by atoms with Gasteiger partial charge in [-0.15, -0.1) is 0 Å². The first-order valence-electron chi connectivity index (χ1n) is 21.1. The zero-order chi connectivity index (χ0) is 41.0. The molecule has 0 saturated heterocycles. The number of fused-ring (bicyclic) bond motifs is 6. The molecule has 0 aliphatic rings. The fourth-order valence-corrected chi connectivity index (χ4v) is 9.31. The van der Waals surface area contributed by atoms with Crippen LogP contribution in [0.1, 0.15) is 0 Å². The molecular weight excluding hydrogens is 753 g/mol. The fraction of sp³-hybridized carbons (Fsp3) is 0. The summed E-state index contributed by atoms with van der Waals surface area (Å²) in [5.74, 6) is 0.669. The molecule has 0 spiro atoms. The number of aromatic nitrogens is 4. The van der Waals surface area contributed by atoms with Crippen molar-refractivity contribution >= 4 is 43.6 Å². The van der Waals surface area contributed by atoms with Crippen molar-refractivity contribution < 1.29 is 0 Å². The van der Waals surface area contributed by atoms with E-state index in [1.807, 2.05) is 12.1 Å².